The Kier molecular flexibility index (Phi) is 4.37. The van der Waals surface area contributed by atoms with Gasteiger partial charge in [-0.25, -0.2) is 8.42 Å². The molecule has 0 aliphatic carbocycles. The third-order valence-corrected chi connectivity index (χ3v) is 3.48. The average molecular weight is 374 g/mol. The first kappa shape index (κ1) is 18.2. The Balaban J connectivity index is 2.54. The molecule has 0 saturated carbocycles. The second-order valence-corrected chi connectivity index (χ2v) is 7.02. The molecule has 2 rings (SSSR count). The van der Waals surface area contributed by atoms with Gasteiger partial charge in [-0.1, -0.05) is 5.16 Å². The van der Waals surface area contributed by atoms with Crippen molar-refractivity contribution in [3.8, 4) is 11.5 Å². The lowest BCUT2D eigenvalue weighted by molar-refractivity contribution is -0.143. The molecule has 0 N–H and O–H groups in total. The molecular weight excluding hydrogens is 366 g/mol. The quantitative estimate of drug-likeness (QED) is 0.771. The Morgan fingerprint density at radius 2 is 1.50 bits per heavy atom. The number of benzene rings is 1. The molecule has 0 radical (unpaired) electrons. The first-order chi connectivity index (χ1) is 10.8. The van der Waals surface area contributed by atoms with E-state index >= 15 is 0 Å². The fraction of sp³-hybridized carbons (Fsp3) is 0.333. The van der Waals surface area contributed by atoms with E-state index in [1.165, 1.54) is 0 Å². The Morgan fingerprint density at radius 3 is 1.92 bits per heavy atom. The molecule has 0 saturated heterocycles. The molecule has 0 aliphatic heterocycles. The highest BCUT2D eigenvalue weighted by atomic mass is 32.2. The van der Waals surface area contributed by atoms with Gasteiger partial charge in [0.2, 0.25) is 0 Å². The second-order valence-electron chi connectivity index (χ2n) is 4.88. The van der Waals surface area contributed by atoms with Gasteiger partial charge in [-0.05, 0) is 18.2 Å². The maximum atomic E-state index is 12.8. The van der Waals surface area contributed by atoms with Crippen molar-refractivity contribution >= 4 is 9.84 Å². The predicted octanol–water partition coefficient (Wildman–Crippen LogP) is 3.32. The largest absolute Gasteiger partial charge is 0.416 e. The van der Waals surface area contributed by atoms with E-state index in [4.69, 9.17) is 0 Å². The van der Waals surface area contributed by atoms with E-state index in [1.54, 1.807) is 0 Å². The minimum atomic E-state index is -5.02. The summed E-state index contributed by atoms with van der Waals surface area (Å²) in [5, 5.41) is 3.23. The fourth-order valence-electron chi connectivity index (χ4n) is 1.74. The maximum Gasteiger partial charge on any atom is 0.416 e. The van der Waals surface area contributed by atoms with Gasteiger partial charge in [-0.2, -0.15) is 31.3 Å². The van der Waals surface area contributed by atoms with Crippen LogP contribution in [-0.2, 0) is 27.9 Å². The summed E-state index contributed by atoms with van der Waals surface area (Å²) >= 11 is 0. The van der Waals surface area contributed by atoms with Crippen LogP contribution >= 0.6 is 0 Å². The summed E-state index contributed by atoms with van der Waals surface area (Å²) in [7, 11) is -3.55. The van der Waals surface area contributed by atoms with Gasteiger partial charge >= 0.3 is 12.4 Å². The minimum Gasteiger partial charge on any atom is -0.334 e. The van der Waals surface area contributed by atoms with Gasteiger partial charge in [-0.3, -0.25) is 0 Å². The van der Waals surface area contributed by atoms with Crippen molar-refractivity contribution < 1.29 is 39.3 Å². The monoisotopic (exact) mass is 374 g/mol. The standard InChI is InChI=1S/C12H8F6N2O3S/c1-24(21,22)5-9-19-10(23-20-9)6-2-7(11(13,14)15)4-8(3-6)12(16,17)18/h2-4H,5H2,1H3. The molecule has 5 nitrogen and oxygen atoms in total. The predicted molar refractivity (Wildman–Crippen MR) is 68.3 cm³/mol. The highest BCUT2D eigenvalue weighted by Gasteiger charge is 2.37. The third kappa shape index (κ3) is 4.46. The zero-order valence-electron chi connectivity index (χ0n) is 11.7. The van der Waals surface area contributed by atoms with E-state index in [1.807, 2.05) is 0 Å². The van der Waals surface area contributed by atoms with E-state index in [9.17, 15) is 34.8 Å². The third-order valence-electron chi connectivity index (χ3n) is 2.69. The van der Waals surface area contributed by atoms with Crippen molar-refractivity contribution in [1.29, 1.82) is 0 Å². The van der Waals surface area contributed by atoms with Crippen LogP contribution in [0.25, 0.3) is 11.5 Å². The summed E-state index contributed by atoms with van der Waals surface area (Å²) in [6.45, 7) is 0. The molecule has 0 aliphatic rings. The SMILES string of the molecule is CS(=O)(=O)Cc1noc(-c2cc(C(F)(F)F)cc(C(F)(F)F)c2)n1. The van der Waals surface area contributed by atoms with Crippen LogP contribution in [0.5, 0.6) is 0 Å². The Labute approximate surface area is 131 Å². The molecule has 24 heavy (non-hydrogen) atoms. The van der Waals surface area contributed by atoms with Crippen LogP contribution in [0, 0.1) is 0 Å². The number of nitrogens with zero attached hydrogens (tertiary/aromatic N) is 2. The maximum absolute atomic E-state index is 12.8. The number of sulfone groups is 1. The molecule has 0 unspecified atom stereocenters. The fourth-order valence-corrected chi connectivity index (χ4v) is 2.33. The zero-order chi connectivity index (χ0) is 18.3. The normalized spacial score (nSPS) is 13.3. The van der Waals surface area contributed by atoms with Crippen LogP contribution in [0.4, 0.5) is 26.3 Å². The molecular formula is C12H8F6N2O3S. The molecule has 1 aromatic carbocycles. The number of rotatable bonds is 3. The zero-order valence-corrected chi connectivity index (χ0v) is 12.6. The molecule has 2 aromatic rings. The average Bonchev–Trinajstić information content (AvgIpc) is 2.82. The van der Waals surface area contributed by atoms with E-state index in [0.29, 0.717) is 12.1 Å². The van der Waals surface area contributed by atoms with E-state index < -0.39 is 50.5 Å². The van der Waals surface area contributed by atoms with Crippen molar-refractivity contribution in [2.45, 2.75) is 18.1 Å². The molecule has 0 spiro atoms. The molecule has 1 aromatic heterocycles. The summed E-state index contributed by atoms with van der Waals surface area (Å²) in [4.78, 5) is 3.52. The van der Waals surface area contributed by atoms with Crippen LogP contribution in [0.15, 0.2) is 22.7 Å². The molecule has 0 atom stereocenters. The van der Waals surface area contributed by atoms with Crippen LogP contribution in [0.3, 0.4) is 0 Å². The number of halogens is 6. The lowest BCUT2D eigenvalue weighted by Gasteiger charge is -2.12. The van der Waals surface area contributed by atoms with Crippen LogP contribution in [0.1, 0.15) is 17.0 Å². The number of alkyl halides is 6. The summed E-state index contributed by atoms with van der Waals surface area (Å²) in [5.41, 5.74) is -3.71. The Bertz CT molecular complexity index is 822. The number of aromatic nitrogens is 2. The molecule has 12 heteroatoms. The summed E-state index contributed by atoms with van der Waals surface area (Å²) < 4.78 is 103. The van der Waals surface area contributed by atoms with Gasteiger partial charge in [0.1, 0.15) is 5.75 Å². The van der Waals surface area contributed by atoms with Crippen molar-refractivity contribution in [3.05, 3.63) is 35.2 Å². The van der Waals surface area contributed by atoms with Crippen molar-refractivity contribution in [2.75, 3.05) is 6.26 Å². The van der Waals surface area contributed by atoms with Gasteiger partial charge in [0, 0.05) is 11.8 Å². The topological polar surface area (TPSA) is 73.1 Å². The molecule has 0 amide bonds. The number of hydrogen-bond donors (Lipinski definition) is 0. The minimum absolute atomic E-state index is 0.0444. The van der Waals surface area contributed by atoms with Crippen molar-refractivity contribution in [2.24, 2.45) is 0 Å². The van der Waals surface area contributed by atoms with Crippen molar-refractivity contribution in [1.82, 2.24) is 10.1 Å². The van der Waals surface area contributed by atoms with Gasteiger partial charge < -0.3 is 4.52 Å². The van der Waals surface area contributed by atoms with Gasteiger partial charge in [-0.15, -0.1) is 0 Å². The highest BCUT2D eigenvalue weighted by molar-refractivity contribution is 7.89. The van der Waals surface area contributed by atoms with Gasteiger partial charge in [0.15, 0.2) is 15.7 Å². The molecule has 132 valence electrons. The van der Waals surface area contributed by atoms with E-state index in [-0.39, 0.29) is 11.9 Å². The van der Waals surface area contributed by atoms with E-state index in [2.05, 4.69) is 14.7 Å². The van der Waals surface area contributed by atoms with Crippen LogP contribution < -0.4 is 0 Å². The van der Waals surface area contributed by atoms with Gasteiger partial charge in [0.05, 0.1) is 11.1 Å². The first-order valence-corrected chi connectivity index (χ1v) is 8.12. The number of hydrogen-bond acceptors (Lipinski definition) is 5. The summed E-state index contributed by atoms with van der Waals surface area (Å²) in [6, 6.07) is 0.775. The molecule has 0 fully saturated rings. The van der Waals surface area contributed by atoms with Crippen LogP contribution in [-0.4, -0.2) is 24.8 Å². The summed E-state index contributed by atoms with van der Waals surface area (Å²) in [5.74, 6) is -1.69. The highest BCUT2D eigenvalue weighted by Crippen LogP contribution is 2.38. The van der Waals surface area contributed by atoms with Crippen LogP contribution in [0.2, 0.25) is 0 Å². The Hall–Kier alpha value is -2.11. The summed E-state index contributed by atoms with van der Waals surface area (Å²) in [6.07, 6.45) is -9.19. The molecule has 0 bridgehead atoms. The Morgan fingerprint density at radius 1 is 1.00 bits per heavy atom. The smallest absolute Gasteiger partial charge is 0.334 e. The first-order valence-electron chi connectivity index (χ1n) is 6.06. The molecule has 1 heterocycles. The second kappa shape index (κ2) is 5.76. The lowest BCUT2D eigenvalue weighted by Crippen LogP contribution is -2.11. The van der Waals surface area contributed by atoms with Crippen molar-refractivity contribution in [3.63, 3.8) is 0 Å². The van der Waals surface area contributed by atoms with E-state index in [0.717, 1.165) is 6.26 Å². The van der Waals surface area contributed by atoms with Gasteiger partial charge in [0.25, 0.3) is 5.89 Å². The lowest BCUT2D eigenvalue weighted by atomic mass is 10.0.